The van der Waals surface area contributed by atoms with Gasteiger partial charge in [-0.3, -0.25) is 9.59 Å². The van der Waals surface area contributed by atoms with Crippen molar-refractivity contribution in [3.63, 3.8) is 0 Å². The van der Waals surface area contributed by atoms with Gasteiger partial charge in [-0.25, -0.2) is 9.97 Å². The van der Waals surface area contributed by atoms with Crippen LogP contribution in [0.3, 0.4) is 0 Å². The number of pyridine rings is 1. The number of hydrogen-bond donors (Lipinski definition) is 0. The van der Waals surface area contributed by atoms with Crippen LogP contribution < -0.4 is 0 Å². The lowest BCUT2D eigenvalue weighted by atomic mass is 10.1. The number of benzene rings is 1. The fourth-order valence-corrected chi connectivity index (χ4v) is 3.45. The van der Waals surface area contributed by atoms with Crippen LogP contribution in [0.5, 0.6) is 0 Å². The topological polar surface area (TPSA) is 63.2 Å². The van der Waals surface area contributed by atoms with Gasteiger partial charge < -0.3 is 4.90 Å². The molecule has 2 aromatic heterocycles. The van der Waals surface area contributed by atoms with E-state index in [-0.39, 0.29) is 17.4 Å². The summed E-state index contributed by atoms with van der Waals surface area (Å²) in [5, 5.41) is 1.04. The van der Waals surface area contributed by atoms with E-state index in [4.69, 9.17) is 0 Å². The van der Waals surface area contributed by atoms with Gasteiger partial charge in [0, 0.05) is 20.5 Å². The molecular formula is C19H19N3O2S. The molecule has 0 spiro atoms. The molecule has 2 heterocycles. The minimum atomic E-state index is -0.208. The molecule has 25 heavy (non-hydrogen) atoms. The Morgan fingerprint density at radius 3 is 2.60 bits per heavy atom. The van der Waals surface area contributed by atoms with Crippen molar-refractivity contribution in [1.82, 2.24) is 14.9 Å². The third-order valence-corrected chi connectivity index (χ3v) is 4.79. The Morgan fingerprint density at radius 2 is 1.84 bits per heavy atom. The van der Waals surface area contributed by atoms with E-state index in [0.29, 0.717) is 18.5 Å². The number of nitrogens with zero attached hydrogens (tertiary/aromatic N) is 3. The lowest BCUT2D eigenvalue weighted by Crippen LogP contribution is -2.23. The van der Waals surface area contributed by atoms with Gasteiger partial charge in [-0.1, -0.05) is 12.1 Å². The molecule has 0 N–H and O–H groups in total. The number of aryl methyl sites for hydroxylation is 2. The van der Waals surface area contributed by atoms with Crippen LogP contribution in [0.2, 0.25) is 0 Å². The summed E-state index contributed by atoms with van der Waals surface area (Å²) >= 11 is 1.65. The first-order valence-electron chi connectivity index (χ1n) is 8.02. The van der Waals surface area contributed by atoms with Crippen molar-refractivity contribution in [3.8, 4) is 0 Å². The summed E-state index contributed by atoms with van der Waals surface area (Å²) in [4.78, 5) is 34.5. The molecule has 0 aliphatic rings. The van der Waals surface area contributed by atoms with Crippen LogP contribution in [-0.2, 0) is 6.42 Å². The van der Waals surface area contributed by atoms with E-state index in [9.17, 15) is 9.59 Å². The number of Topliss-reactive ketones (excluding diaryl/α,β-unsaturated/α-hetero) is 1. The van der Waals surface area contributed by atoms with Crippen molar-refractivity contribution in [2.45, 2.75) is 19.8 Å². The lowest BCUT2D eigenvalue weighted by Gasteiger charge is -2.10. The van der Waals surface area contributed by atoms with Crippen LogP contribution in [0.1, 0.15) is 38.0 Å². The van der Waals surface area contributed by atoms with Gasteiger partial charge in [0.05, 0.1) is 15.2 Å². The number of ketones is 1. The first-order valence-corrected chi connectivity index (χ1v) is 8.83. The maximum Gasteiger partial charge on any atom is 0.271 e. The molecule has 3 aromatic rings. The van der Waals surface area contributed by atoms with Crippen molar-refractivity contribution in [2.24, 2.45) is 0 Å². The van der Waals surface area contributed by atoms with E-state index >= 15 is 0 Å². The molecule has 0 unspecified atom stereocenters. The van der Waals surface area contributed by atoms with E-state index in [1.807, 2.05) is 19.1 Å². The summed E-state index contributed by atoms with van der Waals surface area (Å²) in [7, 11) is 3.32. The number of fused-ring (bicyclic) bond motifs is 1. The van der Waals surface area contributed by atoms with Crippen LogP contribution in [0.15, 0.2) is 36.4 Å². The SMILES string of the molecule is Cc1nc2ccc(CCC(=O)c3cccc(C(=O)N(C)C)n3)cc2s1. The Bertz CT molecular complexity index is 947. The summed E-state index contributed by atoms with van der Waals surface area (Å²) < 4.78 is 1.14. The smallest absolute Gasteiger partial charge is 0.271 e. The Labute approximate surface area is 150 Å². The first kappa shape index (κ1) is 17.2. The zero-order valence-electron chi connectivity index (χ0n) is 14.4. The highest BCUT2D eigenvalue weighted by Gasteiger charge is 2.14. The lowest BCUT2D eigenvalue weighted by molar-refractivity contribution is 0.0822. The summed E-state index contributed by atoms with van der Waals surface area (Å²) in [5.74, 6) is -0.269. The van der Waals surface area contributed by atoms with Gasteiger partial charge in [0.2, 0.25) is 0 Å². The molecule has 0 atom stereocenters. The quantitative estimate of drug-likeness (QED) is 0.659. The van der Waals surface area contributed by atoms with E-state index in [2.05, 4.69) is 16.0 Å². The zero-order valence-corrected chi connectivity index (χ0v) is 15.3. The Balaban J connectivity index is 1.71. The number of aromatic nitrogens is 2. The number of thiazole rings is 1. The molecule has 1 aromatic carbocycles. The van der Waals surface area contributed by atoms with Gasteiger partial charge >= 0.3 is 0 Å². The van der Waals surface area contributed by atoms with E-state index in [1.54, 1.807) is 43.6 Å². The Hall–Kier alpha value is -2.60. The van der Waals surface area contributed by atoms with Gasteiger partial charge in [0.25, 0.3) is 5.91 Å². The molecular weight excluding hydrogens is 334 g/mol. The molecule has 6 heteroatoms. The van der Waals surface area contributed by atoms with Crippen LogP contribution in [0.25, 0.3) is 10.2 Å². The maximum absolute atomic E-state index is 12.4. The third kappa shape index (κ3) is 3.91. The molecule has 0 aliphatic heterocycles. The maximum atomic E-state index is 12.4. The molecule has 0 aliphatic carbocycles. The van der Waals surface area contributed by atoms with Crippen molar-refractivity contribution in [3.05, 3.63) is 58.4 Å². The molecule has 0 saturated carbocycles. The zero-order chi connectivity index (χ0) is 18.0. The number of hydrogen-bond acceptors (Lipinski definition) is 5. The largest absolute Gasteiger partial charge is 0.343 e. The average Bonchev–Trinajstić information content (AvgIpc) is 2.98. The van der Waals surface area contributed by atoms with E-state index in [0.717, 1.165) is 20.8 Å². The standard InChI is InChI=1S/C19H19N3O2S/c1-12-20-15-9-7-13(11-18(15)25-12)8-10-17(23)14-5-4-6-16(21-14)19(24)22(2)3/h4-7,9,11H,8,10H2,1-3H3. The van der Waals surface area contributed by atoms with Gasteiger partial charge in [0.1, 0.15) is 11.4 Å². The first-order chi connectivity index (χ1) is 11.9. The van der Waals surface area contributed by atoms with Crippen molar-refractivity contribution in [2.75, 3.05) is 14.1 Å². The Morgan fingerprint density at radius 1 is 1.08 bits per heavy atom. The summed E-state index contributed by atoms with van der Waals surface area (Å²) in [6.07, 6.45) is 0.995. The summed E-state index contributed by atoms with van der Waals surface area (Å²) in [5.41, 5.74) is 2.72. The van der Waals surface area contributed by atoms with Crippen LogP contribution in [0.4, 0.5) is 0 Å². The molecule has 0 bridgehead atoms. The van der Waals surface area contributed by atoms with Crippen LogP contribution in [0, 0.1) is 6.92 Å². The Kier molecular flexibility index (Phi) is 4.90. The molecule has 0 fully saturated rings. The normalized spacial score (nSPS) is 10.8. The van der Waals surface area contributed by atoms with Crippen molar-refractivity contribution < 1.29 is 9.59 Å². The summed E-state index contributed by atoms with van der Waals surface area (Å²) in [6, 6.07) is 11.1. The third-order valence-electron chi connectivity index (χ3n) is 3.86. The van der Waals surface area contributed by atoms with Crippen molar-refractivity contribution >= 4 is 33.2 Å². The molecule has 128 valence electrons. The number of amides is 1. The molecule has 1 amide bonds. The average molecular weight is 353 g/mol. The predicted molar refractivity (Wildman–Crippen MR) is 99.3 cm³/mol. The van der Waals surface area contributed by atoms with Gasteiger partial charge in [-0.05, 0) is 43.2 Å². The second kappa shape index (κ2) is 7.11. The summed E-state index contributed by atoms with van der Waals surface area (Å²) in [6.45, 7) is 1.99. The van der Waals surface area contributed by atoms with Crippen molar-refractivity contribution in [1.29, 1.82) is 0 Å². The van der Waals surface area contributed by atoms with E-state index in [1.165, 1.54) is 4.90 Å². The van der Waals surface area contributed by atoms with Crippen LogP contribution >= 0.6 is 11.3 Å². The number of rotatable bonds is 5. The highest BCUT2D eigenvalue weighted by Crippen LogP contribution is 2.23. The predicted octanol–water partition coefficient (Wildman–Crippen LogP) is 3.52. The highest BCUT2D eigenvalue weighted by atomic mass is 32.1. The minimum Gasteiger partial charge on any atom is -0.343 e. The van der Waals surface area contributed by atoms with Gasteiger partial charge in [0.15, 0.2) is 5.78 Å². The number of carbonyl (C=O) groups is 2. The van der Waals surface area contributed by atoms with Gasteiger partial charge in [-0.2, -0.15) is 0 Å². The fraction of sp³-hybridized carbons (Fsp3) is 0.263. The molecule has 0 radical (unpaired) electrons. The number of carbonyl (C=O) groups excluding carboxylic acids is 2. The minimum absolute atomic E-state index is 0.0611. The second-order valence-corrected chi connectivity index (χ2v) is 7.30. The molecule has 3 rings (SSSR count). The monoisotopic (exact) mass is 353 g/mol. The fourth-order valence-electron chi connectivity index (χ4n) is 2.56. The molecule has 5 nitrogen and oxygen atoms in total. The second-order valence-electron chi connectivity index (χ2n) is 6.07. The highest BCUT2D eigenvalue weighted by molar-refractivity contribution is 7.18. The van der Waals surface area contributed by atoms with E-state index < -0.39 is 0 Å². The molecule has 0 saturated heterocycles. The van der Waals surface area contributed by atoms with Gasteiger partial charge in [-0.15, -0.1) is 11.3 Å². The van der Waals surface area contributed by atoms with Crippen LogP contribution in [-0.4, -0.2) is 40.7 Å².